The number of ether oxygens (including phenoxy) is 1. The monoisotopic (exact) mass is 362 g/mol. The first-order chi connectivity index (χ1) is 13.1. The number of rotatable bonds is 6. The van der Waals surface area contributed by atoms with Gasteiger partial charge in [-0.25, -0.2) is 0 Å². The lowest BCUT2D eigenvalue weighted by Gasteiger charge is -2.16. The summed E-state index contributed by atoms with van der Waals surface area (Å²) in [5.41, 5.74) is 5.11. The molecule has 0 fully saturated rings. The number of anilines is 1. The van der Waals surface area contributed by atoms with Crippen LogP contribution in [0.1, 0.15) is 35.1 Å². The van der Waals surface area contributed by atoms with Crippen molar-refractivity contribution < 1.29 is 14.3 Å². The fourth-order valence-corrected chi connectivity index (χ4v) is 3.25. The normalized spacial score (nSPS) is 12.6. The van der Waals surface area contributed by atoms with E-state index in [0.29, 0.717) is 12.1 Å². The summed E-state index contributed by atoms with van der Waals surface area (Å²) >= 11 is 0. The number of nitriles is 1. The first-order valence-electron chi connectivity index (χ1n) is 9.16. The Morgan fingerprint density at radius 1 is 1.00 bits per heavy atom. The Morgan fingerprint density at radius 2 is 1.70 bits per heavy atom. The lowest BCUT2D eigenvalue weighted by molar-refractivity contribution is -0.146. The molecular weight excluding hydrogens is 340 g/mol. The fraction of sp³-hybridized carbons (Fsp3) is 0.318. The van der Waals surface area contributed by atoms with Crippen molar-refractivity contribution in [1.82, 2.24) is 0 Å². The standard InChI is InChI=1S/C22H22N2O3/c23-12-11-16-6-9-20(10-7-16)24-21(25)15-27-22(26)14-17-5-8-18-3-1-2-4-19(18)13-17/h5-10,13H,1-4,11,14-15H2,(H,24,25). The molecule has 0 heterocycles. The minimum Gasteiger partial charge on any atom is -0.455 e. The quantitative estimate of drug-likeness (QED) is 0.799. The second-order valence-corrected chi connectivity index (χ2v) is 6.73. The van der Waals surface area contributed by atoms with E-state index in [-0.39, 0.29) is 18.9 Å². The van der Waals surface area contributed by atoms with E-state index in [1.807, 2.05) is 6.07 Å². The van der Waals surface area contributed by atoms with Crippen LogP contribution in [0, 0.1) is 11.3 Å². The molecule has 0 saturated heterocycles. The van der Waals surface area contributed by atoms with Crippen molar-refractivity contribution in [2.24, 2.45) is 0 Å². The van der Waals surface area contributed by atoms with E-state index >= 15 is 0 Å². The number of carbonyl (C=O) groups is 2. The molecule has 0 aliphatic heterocycles. The Kier molecular flexibility index (Phi) is 6.22. The van der Waals surface area contributed by atoms with Crippen molar-refractivity contribution in [3.63, 3.8) is 0 Å². The summed E-state index contributed by atoms with van der Waals surface area (Å²) in [6.07, 6.45) is 5.09. The third kappa shape index (κ3) is 5.42. The first kappa shape index (κ1) is 18.7. The van der Waals surface area contributed by atoms with Gasteiger partial charge in [0.1, 0.15) is 0 Å². The van der Waals surface area contributed by atoms with Crippen LogP contribution in [0.4, 0.5) is 5.69 Å². The summed E-state index contributed by atoms with van der Waals surface area (Å²) in [5, 5.41) is 11.3. The van der Waals surface area contributed by atoms with Gasteiger partial charge in [-0.2, -0.15) is 5.26 Å². The van der Waals surface area contributed by atoms with Crippen molar-refractivity contribution in [2.45, 2.75) is 38.5 Å². The Morgan fingerprint density at radius 3 is 2.44 bits per heavy atom. The third-order valence-corrected chi connectivity index (χ3v) is 4.65. The molecule has 0 spiro atoms. The summed E-state index contributed by atoms with van der Waals surface area (Å²) in [5.74, 6) is -0.799. The molecule has 1 amide bonds. The zero-order valence-electron chi connectivity index (χ0n) is 15.2. The van der Waals surface area contributed by atoms with Gasteiger partial charge in [0.15, 0.2) is 6.61 Å². The van der Waals surface area contributed by atoms with Crippen LogP contribution >= 0.6 is 0 Å². The van der Waals surface area contributed by atoms with E-state index in [0.717, 1.165) is 24.0 Å². The van der Waals surface area contributed by atoms with Gasteiger partial charge in [-0.05, 0) is 60.1 Å². The van der Waals surface area contributed by atoms with Crippen LogP contribution in [-0.2, 0) is 40.0 Å². The highest BCUT2D eigenvalue weighted by molar-refractivity contribution is 5.92. The molecule has 0 atom stereocenters. The summed E-state index contributed by atoms with van der Waals surface area (Å²) in [7, 11) is 0. The Hall–Kier alpha value is -3.13. The molecule has 5 nitrogen and oxygen atoms in total. The summed E-state index contributed by atoms with van der Waals surface area (Å²) in [6.45, 7) is -0.316. The van der Waals surface area contributed by atoms with Crippen LogP contribution in [0.2, 0.25) is 0 Å². The summed E-state index contributed by atoms with van der Waals surface area (Å²) < 4.78 is 5.09. The molecule has 1 N–H and O–H groups in total. The molecule has 3 rings (SSSR count). The van der Waals surface area contributed by atoms with Gasteiger partial charge in [-0.3, -0.25) is 9.59 Å². The van der Waals surface area contributed by atoms with Gasteiger partial charge in [0.2, 0.25) is 0 Å². The van der Waals surface area contributed by atoms with Gasteiger partial charge >= 0.3 is 5.97 Å². The van der Waals surface area contributed by atoms with E-state index in [1.165, 1.54) is 24.0 Å². The van der Waals surface area contributed by atoms with Crippen molar-refractivity contribution in [3.05, 3.63) is 64.7 Å². The fourth-order valence-electron chi connectivity index (χ4n) is 3.25. The van der Waals surface area contributed by atoms with Gasteiger partial charge < -0.3 is 10.1 Å². The molecular formula is C22H22N2O3. The maximum absolute atomic E-state index is 12.0. The second-order valence-electron chi connectivity index (χ2n) is 6.73. The zero-order valence-corrected chi connectivity index (χ0v) is 15.2. The SMILES string of the molecule is N#CCc1ccc(NC(=O)COC(=O)Cc2ccc3c(c2)CCCC3)cc1. The van der Waals surface area contributed by atoms with E-state index in [9.17, 15) is 9.59 Å². The highest BCUT2D eigenvalue weighted by Crippen LogP contribution is 2.22. The third-order valence-electron chi connectivity index (χ3n) is 4.65. The van der Waals surface area contributed by atoms with Crippen molar-refractivity contribution in [1.29, 1.82) is 5.26 Å². The molecule has 1 aliphatic carbocycles. The van der Waals surface area contributed by atoms with Gasteiger partial charge in [0, 0.05) is 5.69 Å². The van der Waals surface area contributed by atoms with Crippen LogP contribution < -0.4 is 5.32 Å². The van der Waals surface area contributed by atoms with Crippen LogP contribution in [-0.4, -0.2) is 18.5 Å². The molecule has 138 valence electrons. The van der Waals surface area contributed by atoms with Crippen LogP contribution in [0.25, 0.3) is 0 Å². The Balaban J connectivity index is 1.46. The van der Waals surface area contributed by atoms with E-state index in [2.05, 4.69) is 23.5 Å². The number of aryl methyl sites for hydroxylation is 2. The van der Waals surface area contributed by atoms with Gasteiger partial charge in [-0.1, -0.05) is 30.3 Å². The van der Waals surface area contributed by atoms with Crippen molar-refractivity contribution >= 4 is 17.6 Å². The second kappa shape index (κ2) is 9.00. The van der Waals surface area contributed by atoms with Crippen LogP contribution in [0.5, 0.6) is 0 Å². The number of nitrogens with one attached hydrogen (secondary N) is 1. The number of benzene rings is 2. The number of nitrogens with zero attached hydrogens (tertiary/aromatic N) is 1. The average Bonchev–Trinajstić information content (AvgIpc) is 2.68. The highest BCUT2D eigenvalue weighted by atomic mass is 16.5. The van der Waals surface area contributed by atoms with Gasteiger partial charge in [0.05, 0.1) is 18.9 Å². The minimum absolute atomic E-state index is 0.170. The number of amides is 1. The summed E-state index contributed by atoms with van der Waals surface area (Å²) in [6, 6.07) is 15.2. The number of fused-ring (bicyclic) bond motifs is 1. The Bertz CT molecular complexity index is 866. The van der Waals surface area contributed by atoms with Gasteiger partial charge in [-0.15, -0.1) is 0 Å². The average molecular weight is 362 g/mol. The molecule has 1 aliphatic rings. The topological polar surface area (TPSA) is 79.2 Å². The van der Waals surface area contributed by atoms with E-state index in [1.54, 1.807) is 24.3 Å². The molecule has 2 aromatic rings. The molecule has 0 bridgehead atoms. The smallest absolute Gasteiger partial charge is 0.310 e. The number of esters is 1. The van der Waals surface area contributed by atoms with E-state index in [4.69, 9.17) is 10.00 Å². The van der Waals surface area contributed by atoms with Gasteiger partial charge in [0.25, 0.3) is 5.91 Å². The van der Waals surface area contributed by atoms with Crippen molar-refractivity contribution in [3.8, 4) is 6.07 Å². The molecule has 2 aromatic carbocycles. The van der Waals surface area contributed by atoms with Crippen LogP contribution in [0.3, 0.4) is 0 Å². The lowest BCUT2D eigenvalue weighted by Crippen LogP contribution is -2.21. The molecule has 27 heavy (non-hydrogen) atoms. The number of hydrogen-bond donors (Lipinski definition) is 1. The molecule has 5 heteroatoms. The zero-order chi connectivity index (χ0) is 19.1. The minimum atomic E-state index is -0.412. The Labute approximate surface area is 159 Å². The maximum atomic E-state index is 12.0. The molecule has 0 saturated carbocycles. The molecule has 0 radical (unpaired) electrons. The maximum Gasteiger partial charge on any atom is 0.310 e. The molecule has 0 unspecified atom stereocenters. The molecule has 0 aromatic heterocycles. The van der Waals surface area contributed by atoms with Crippen LogP contribution in [0.15, 0.2) is 42.5 Å². The summed E-state index contributed by atoms with van der Waals surface area (Å²) in [4.78, 5) is 24.0. The largest absolute Gasteiger partial charge is 0.455 e. The predicted octanol–water partition coefficient (Wildman–Crippen LogP) is 3.36. The number of hydrogen-bond acceptors (Lipinski definition) is 4. The lowest BCUT2D eigenvalue weighted by atomic mass is 9.90. The first-order valence-corrected chi connectivity index (χ1v) is 9.16. The van der Waals surface area contributed by atoms with E-state index < -0.39 is 5.97 Å². The predicted molar refractivity (Wildman–Crippen MR) is 102 cm³/mol. The van der Waals surface area contributed by atoms with Crippen molar-refractivity contribution in [2.75, 3.05) is 11.9 Å². The number of carbonyl (C=O) groups excluding carboxylic acids is 2. The highest BCUT2D eigenvalue weighted by Gasteiger charge is 2.13.